The molecule has 106 valence electrons. The van der Waals surface area contributed by atoms with E-state index in [0.29, 0.717) is 0 Å². The van der Waals surface area contributed by atoms with E-state index in [0.717, 1.165) is 22.4 Å². The summed E-state index contributed by atoms with van der Waals surface area (Å²) in [6, 6.07) is 1.64. The van der Waals surface area contributed by atoms with Crippen molar-refractivity contribution < 1.29 is 15.0 Å². The fourth-order valence-electron chi connectivity index (χ4n) is 1.91. The average molecular weight is 266 g/mol. The third kappa shape index (κ3) is 3.94. The Labute approximate surface area is 113 Å². The molecule has 0 saturated heterocycles. The van der Waals surface area contributed by atoms with Gasteiger partial charge in [-0.25, -0.2) is 4.79 Å². The quantitative estimate of drug-likeness (QED) is 0.665. The van der Waals surface area contributed by atoms with Crippen molar-refractivity contribution in [3.05, 3.63) is 28.3 Å². The van der Waals surface area contributed by atoms with Crippen LogP contribution in [-0.4, -0.2) is 35.5 Å². The van der Waals surface area contributed by atoms with Crippen LogP contribution < -0.4 is 10.6 Å². The Bertz CT molecular complexity index is 472. The highest BCUT2D eigenvalue weighted by molar-refractivity contribution is 5.91. The molecule has 1 unspecified atom stereocenters. The number of nitrogens with one attached hydrogen (secondary N) is 2. The average Bonchev–Trinajstić information content (AvgIpc) is 2.38. The molecule has 0 radical (unpaired) electrons. The predicted octanol–water partition coefficient (Wildman–Crippen LogP) is 1.39. The van der Waals surface area contributed by atoms with E-state index in [-0.39, 0.29) is 19.2 Å². The Balaban J connectivity index is 2.77. The van der Waals surface area contributed by atoms with Crippen LogP contribution >= 0.6 is 0 Å². The molecule has 0 saturated carbocycles. The van der Waals surface area contributed by atoms with Gasteiger partial charge in [0.25, 0.3) is 0 Å². The normalized spacial score (nSPS) is 12.1. The van der Waals surface area contributed by atoms with Gasteiger partial charge in [0.05, 0.1) is 12.7 Å². The van der Waals surface area contributed by atoms with E-state index in [1.807, 2.05) is 33.8 Å². The fraction of sp³-hybridized carbons (Fsp3) is 0.500. The van der Waals surface area contributed by atoms with Crippen molar-refractivity contribution >= 4 is 11.7 Å². The molecule has 0 aliphatic rings. The molecule has 0 spiro atoms. The van der Waals surface area contributed by atoms with Crippen LogP contribution in [0.5, 0.6) is 0 Å². The van der Waals surface area contributed by atoms with Gasteiger partial charge in [-0.15, -0.1) is 0 Å². The number of rotatable bonds is 4. The maximum absolute atomic E-state index is 11.7. The Morgan fingerprint density at radius 3 is 2.42 bits per heavy atom. The lowest BCUT2D eigenvalue weighted by molar-refractivity contribution is 0.0965. The van der Waals surface area contributed by atoms with Crippen molar-refractivity contribution in [2.24, 2.45) is 0 Å². The number of hydrogen-bond acceptors (Lipinski definition) is 3. The minimum atomic E-state index is -0.937. The van der Waals surface area contributed by atoms with Gasteiger partial charge in [-0.2, -0.15) is 0 Å². The van der Waals surface area contributed by atoms with Crippen LogP contribution in [-0.2, 0) is 0 Å². The van der Waals surface area contributed by atoms with E-state index >= 15 is 0 Å². The summed E-state index contributed by atoms with van der Waals surface area (Å²) in [6.45, 7) is 7.61. The summed E-state index contributed by atoms with van der Waals surface area (Å²) >= 11 is 0. The van der Waals surface area contributed by atoms with Crippen LogP contribution in [0.2, 0.25) is 0 Å². The molecule has 1 atom stereocenters. The number of amides is 2. The standard InChI is InChI=1S/C14H22N2O3/c1-8-5-9(2)13(11(4)10(8)3)16-14(19)15-6-12(18)7-17/h5,12,17-18H,6-7H2,1-4H3,(H2,15,16,19). The summed E-state index contributed by atoms with van der Waals surface area (Å²) in [5, 5.41) is 23.1. The van der Waals surface area contributed by atoms with Crippen molar-refractivity contribution in [2.75, 3.05) is 18.5 Å². The van der Waals surface area contributed by atoms with Gasteiger partial charge in [0.1, 0.15) is 0 Å². The van der Waals surface area contributed by atoms with Gasteiger partial charge in [-0.05, 0) is 49.9 Å². The lowest BCUT2D eigenvalue weighted by atomic mass is 9.98. The summed E-state index contributed by atoms with van der Waals surface area (Å²) < 4.78 is 0. The maximum Gasteiger partial charge on any atom is 0.319 e. The summed E-state index contributed by atoms with van der Waals surface area (Å²) in [7, 11) is 0. The molecule has 0 aliphatic heterocycles. The van der Waals surface area contributed by atoms with E-state index in [4.69, 9.17) is 5.11 Å². The minimum Gasteiger partial charge on any atom is -0.394 e. The second-order valence-corrected chi connectivity index (χ2v) is 4.81. The number of hydrogen-bond donors (Lipinski definition) is 4. The molecule has 2 amide bonds. The predicted molar refractivity (Wildman–Crippen MR) is 75.5 cm³/mol. The zero-order valence-electron chi connectivity index (χ0n) is 11.9. The number of carbonyl (C=O) groups excluding carboxylic acids is 1. The largest absolute Gasteiger partial charge is 0.394 e. The topological polar surface area (TPSA) is 81.6 Å². The molecular formula is C14H22N2O3. The molecule has 19 heavy (non-hydrogen) atoms. The fourth-order valence-corrected chi connectivity index (χ4v) is 1.91. The molecule has 0 heterocycles. The van der Waals surface area contributed by atoms with Crippen LogP contribution in [0.1, 0.15) is 22.3 Å². The first kappa shape index (κ1) is 15.5. The van der Waals surface area contributed by atoms with Gasteiger partial charge in [0.15, 0.2) is 0 Å². The second-order valence-electron chi connectivity index (χ2n) is 4.81. The van der Waals surface area contributed by atoms with Crippen molar-refractivity contribution in [3.8, 4) is 0 Å². The number of anilines is 1. The van der Waals surface area contributed by atoms with E-state index in [9.17, 15) is 9.90 Å². The van der Waals surface area contributed by atoms with Gasteiger partial charge < -0.3 is 20.8 Å². The summed E-state index contributed by atoms with van der Waals surface area (Å²) in [6.07, 6.45) is -0.937. The van der Waals surface area contributed by atoms with Crippen molar-refractivity contribution in [1.82, 2.24) is 5.32 Å². The molecule has 1 rings (SSSR count). The molecule has 0 aromatic heterocycles. The summed E-state index contributed by atoms with van der Waals surface area (Å²) in [5.41, 5.74) is 5.17. The van der Waals surface area contributed by atoms with E-state index < -0.39 is 6.10 Å². The van der Waals surface area contributed by atoms with Crippen LogP contribution in [0.15, 0.2) is 6.07 Å². The SMILES string of the molecule is Cc1cc(C)c(NC(=O)NCC(O)CO)c(C)c1C. The van der Waals surface area contributed by atoms with Gasteiger partial charge in [-0.1, -0.05) is 6.07 Å². The number of carbonyl (C=O) groups is 1. The van der Waals surface area contributed by atoms with E-state index in [1.165, 1.54) is 5.56 Å². The summed E-state index contributed by atoms with van der Waals surface area (Å²) in [5.74, 6) is 0. The smallest absolute Gasteiger partial charge is 0.319 e. The number of urea groups is 1. The maximum atomic E-state index is 11.7. The number of aryl methyl sites for hydroxylation is 2. The molecule has 0 fully saturated rings. The first-order valence-electron chi connectivity index (χ1n) is 6.28. The van der Waals surface area contributed by atoms with Gasteiger partial charge in [0, 0.05) is 12.2 Å². The zero-order valence-corrected chi connectivity index (χ0v) is 11.9. The van der Waals surface area contributed by atoms with Crippen molar-refractivity contribution in [3.63, 3.8) is 0 Å². The Morgan fingerprint density at radius 1 is 1.21 bits per heavy atom. The van der Waals surface area contributed by atoms with Gasteiger partial charge in [0.2, 0.25) is 0 Å². The lowest BCUT2D eigenvalue weighted by Gasteiger charge is -2.17. The first-order valence-corrected chi connectivity index (χ1v) is 6.28. The zero-order chi connectivity index (χ0) is 14.6. The highest BCUT2D eigenvalue weighted by atomic mass is 16.3. The van der Waals surface area contributed by atoms with Crippen LogP contribution in [0.25, 0.3) is 0 Å². The van der Waals surface area contributed by atoms with Gasteiger partial charge >= 0.3 is 6.03 Å². The molecule has 1 aromatic rings. The van der Waals surface area contributed by atoms with E-state index in [2.05, 4.69) is 10.6 Å². The highest BCUT2D eigenvalue weighted by Crippen LogP contribution is 2.25. The Kier molecular flexibility index (Phi) is 5.32. The highest BCUT2D eigenvalue weighted by Gasteiger charge is 2.11. The molecule has 5 nitrogen and oxygen atoms in total. The van der Waals surface area contributed by atoms with Crippen molar-refractivity contribution in [1.29, 1.82) is 0 Å². The third-order valence-electron chi connectivity index (χ3n) is 3.30. The third-order valence-corrected chi connectivity index (χ3v) is 3.30. The molecule has 4 N–H and O–H groups in total. The monoisotopic (exact) mass is 266 g/mol. The minimum absolute atomic E-state index is 0.0191. The van der Waals surface area contributed by atoms with Crippen molar-refractivity contribution in [2.45, 2.75) is 33.8 Å². The lowest BCUT2D eigenvalue weighted by Crippen LogP contribution is -2.37. The number of benzene rings is 1. The van der Waals surface area contributed by atoms with Gasteiger partial charge in [-0.3, -0.25) is 0 Å². The Morgan fingerprint density at radius 2 is 1.84 bits per heavy atom. The summed E-state index contributed by atoms with van der Waals surface area (Å²) in [4.78, 5) is 11.7. The molecule has 5 heteroatoms. The van der Waals surface area contributed by atoms with Crippen LogP contribution in [0.4, 0.5) is 10.5 Å². The number of aliphatic hydroxyl groups is 2. The second kappa shape index (κ2) is 6.54. The first-order chi connectivity index (χ1) is 8.86. The van der Waals surface area contributed by atoms with Crippen LogP contribution in [0, 0.1) is 27.7 Å². The van der Waals surface area contributed by atoms with E-state index in [1.54, 1.807) is 0 Å². The molecule has 0 aliphatic carbocycles. The molecule has 0 bridgehead atoms. The number of aliphatic hydroxyl groups excluding tert-OH is 2. The Hall–Kier alpha value is -1.59. The molecule has 1 aromatic carbocycles. The molecular weight excluding hydrogens is 244 g/mol. The van der Waals surface area contributed by atoms with Crippen LogP contribution in [0.3, 0.4) is 0 Å².